The molecular weight excluding hydrogens is 376 g/mol. The second-order valence-electron chi connectivity index (χ2n) is 8.68. The van der Waals surface area contributed by atoms with Crippen LogP contribution in [0, 0.1) is 17.8 Å². The Labute approximate surface area is 178 Å². The highest BCUT2D eigenvalue weighted by Gasteiger charge is 2.28. The Morgan fingerprint density at radius 2 is 2.03 bits per heavy atom. The number of rotatable bonds is 7. The Bertz CT molecular complexity index is 1020. The molecule has 1 aliphatic carbocycles. The average molecular weight is 407 g/mol. The van der Waals surface area contributed by atoms with Crippen LogP contribution in [0.3, 0.4) is 0 Å². The zero-order chi connectivity index (χ0) is 21.7. The maximum absolute atomic E-state index is 12.9. The molecule has 2 N–H and O–H groups in total. The van der Waals surface area contributed by atoms with Gasteiger partial charge in [0.1, 0.15) is 0 Å². The van der Waals surface area contributed by atoms with E-state index in [0.29, 0.717) is 13.0 Å². The Hall–Kier alpha value is -2.91. The molecule has 6 nitrogen and oxygen atoms in total. The van der Waals surface area contributed by atoms with Crippen LogP contribution in [-0.2, 0) is 17.6 Å². The number of H-pyrrole nitrogens is 1. The highest BCUT2D eigenvalue weighted by Crippen LogP contribution is 2.30. The van der Waals surface area contributed by atoms with E-state index in [1.54, 1.807) is 0 Å². The van der Waals surface area contributed by atoms with E-state index in [1.165, 1.54) is 0 Å². The predicted molar refractivity (Wildman–Crippen MR) is 120 cm³/mol. The van der Waals surface area contributed by atoms with E-state index in [9.17, 15) is 9.59 Å². The van der Waals surface area contributed by atoms with E-state index in [2.05, 4.69) is 21.4 Å². The maximum Gasteiger partial charge on any atom is 0.267 e. The summed E-state index contributed by atoms with van der Waals surface area (Å²) >= 11 is 0. The van der Waals surface area contributed by atoms with Gasteiger partial charge in [-0.3, -0.25) is 14.5 Å². The third kappa shape index (κ3) is 4.98. The van der Waals surface area contributed by atoms with E-state index in [4.69, 9.17) is 6.42 Å². The number of terminal acetylenes is 1. The van der Waals surface area contributed by atoms with Gasteiger partial charge in [0.25, 0.3) is 5.56 Å². The van der Waals surface area contributed by atoms with Crippen molar-refractivity contribution in [3.05, 3.63) is 45.7 Å². The van der Waals surface area contributed by atoms with Gasteiger partial charge in [-0.1, -0.05) is 31.9 Å². The maximum atomic E-state index is 12.9. The smallest absolute Gasteiger partial charge is 0.267 e. The van der Waals surface area contributed by atoms with Crippen molar-refractivity contribution in [2.24, 2.45) is 5.41 Å². The van der Waals surface area contributed by atoms with Crippen LogP contribution in [0.25, 0.3) is 11.3 Å². The molecule has 3 rings (SSSR count). The van der Waals surface area contributed by atoms with Gasteiger partial charge in [-0.05, 0) is 63.4 Å². The number of anilines is 1. The van der Waals surface area contributed by atoms with Crippen molar-refractivity contribution in [1.82, 2.24) is 15.1 Å². The van der Waals surface area contributed by atoms with E-state index in [-0.39, 0.29) is 11.5 Å². The van der Waals surface area contributed by atoms with E-state index < -0.39 is 5.41 Å². The van der Waals surface area contributed by atoms with Gasteiger partial charge >= 0.3 is 0 Å². The average Bonchev–Trinajstić information content (AvgIpc) is 2.73. The molecule has 0 fully saturated rings. The van der Waals surface area contributed by atoms with Crippen molar-refractivity contribution in [3.8, 4) is 23.6 Å². The molecule has 0 bridgehead atoms. The monoisotopic (exact) mass is 406 g/mol. The molecule has 6 heteroatoms. The van der Waals surface area contributed by atoms with Crippen LogP contribution < -0.4 is 10.9 Å². The van der Waals surface area contributed by atoms with Gasteiger partial charge in [0.15, 0.2) is 0 Å². The van der Waals surface area contributed by atoms with Gasteiger partial charge < -0.3 is 5.32 Å². The van der Waals surface area contributed by atoms with Crippen molar-refractivity contribution >= 4 is 11.6 Å². The molecule has 30 heavy (non-hydrogen) atoms. The molecule has 0 saturated carbocycles. The molecular formula is C24H30N4O2. The Balaban J connectivity index is 1.77. The fourth-order valence-electron chi connectivity index (χ4n) is 3.76. The van der Waals surface area contributed by atoms with Gasteiger partial charge in [0, 0.05) is 22.2 Å². The summed E-state index contributed by atoms with van der Waals surface area (Å²) in [6.07, 6.45) is 9.78. The molecule has 0 aliphatic heterocycles. The van der Waals surface area contributed by atoms with Crippen LogP contribution in [0.1, 0.15) is 44.2 Å². The van der Waals surface area contributed by atoms with Crippen molar-refractivity contribution in [2.45, 2.75) is 46.0 Å². The topological polar surface area (TPSA) is 78.1 Å². The van der Waals surface area contributed by atoms with Gasteiger partial charge in [-0.2, -0.15) is 5.10 Å². The molecule has 0 saturated heterocycles. The molecule has 158 valence electrons. The Morgan fingerprint density at radius 3 is 2.77 bits per heavy atom. The minimum atomic E-state index is -0.533. The first-order chi connectivity index (χ1) is 14.3. The first kappa shape index (κ1) is 21.8. The number of carbonyl (C=O) groups excluding carboxylic acids is 1. The molecule has 2 aromatic rings. The number of nitrogens with one attached hydrogen (secondary N) is 2. The summed E-state index contributed by atoms with van der Waals surface area (Å²) in [5.41, 5.74) is 3.68. The molecule has 0 radical (unpaired) electrons. The van der Waals surface area contributed by atoms with Crippen LogP contribution in [0.5, 0.6) is 0 Å². The molecule has 1 aromatic carbocycles. The van der Waals surface area contributed by atoms with Crippen LogP contribution in [0.4, 0.5) is 5.69 Å². The van der Waals surface area contributed by atoms with Crippen molar-refractivity contribution < 1.29 is 4.79 Å². The summed E-state index contributed by atoms with van der Waals surface area (Å²) in [5.74, 6) is 2.58. The number of aromatic amines is 1. The third-order valence-corrected chi connectivity index (χ3v) is 5.79. The largest absolute Gasteiger partial charge is 0.326 e. The number of benzene rings is 1. The van der Waals surface area contributed by atoms with Crippen molar-refractivity contribution in [3.63, 3.8) is 0 Å². The van der Waals surface area contributed by atoms with Crippen LogP contribution >= 0.6 is 0 Å². The number of nitrogens with zero attached hydrogens (tertiary/aromatic N) is 2. The molecule has 0 atom stereocenters. The quantitative estimate of drug-likeness (QED) is 0.692. The van der Waals surface area contributed by atoms with Crippen molar-refractivity contribution in [2.75, 3.05) is 25.5 Å². The number of hydrogen-bond donors (Lipinski definition) is 2. The number of carbonyl (C=O) groups is 1. The van der Waals surface area contributed by atoms with Crippen LogP contribution in [0.15, 0.2) is 29.1 Å². The Morgan fingerprint density at radius 1 is 1.30 bits per heavy atom. The molecule has 1 amide bonds. The second kappa shape index (κ2) is 9.27. The lowest BCUT2D eigenvalue weighted by molar-refractivity contribution is -0.124. The zero-order valence-corrected chi connectivity index (χ0v) is 18.0. The molecule has 1 aliphatic rings. The second-order valence-corrected chi connectivity index (χ2v) is 8.68. The van der Waals surface area contributed by atoms with Gasteiger partial charge in [-0.15, -0.1) is 6.42 Å². The lowest BCUT2D eigenvalue weighted by Crippen LogP contribution is -2.34. The number of aromatic nitrogens is 2. The van der Waals surface area contributed by atoms with Crippen LogP contribution in [-0.4, -0.2) is 41.1 Å². The third-order valence-electron chi connectivity index (χ3n) is 5.79. The summed E-state index contributed by atoms with van der Waals surface area (Å²) in [4.78, 5) is 27.1. The van der Waals surface area contributed by atoms with E-state index >= 15 is 0 Å². The number of hydrogen-bond acceptors (Lipinski definition) is 4. The van der Waals surface area contributed by atoms with Gasteiger partial charge in [-0.25, -0.2) is 5.10 Å². The molecule has 1 aromatic heterocycles. The fourth-order valence-corrected chi connectivity index (χ4v) is 3.76. The lowest BCUT2D eigenvalue weighted by atomic mass is 9.87. The number of fused-ring (bicyclic) bond motifs is 1. The first-order valence-corrected chi connectivity index (χ1v) is 10.5. The van der Waals surface area contributed by atoms with Crippen molar-refractivity contribution in [1.29, 1.82) is 0 Å². The summed E-state index contributed by atoms with van der Waals surface area (Å²) < 4.78 is 0. The Kier molecular flexibility index (Phi) is 6.73. The summed E-state index contributed by atoms with van der Waals surface area (Å²) in [7, 11) is 1.95. The summed E-state index contributed by atoms with van der Waals surface area (Å²) in [6.45, 7) is 5.19. The zero-order valence-electron chi connectivity index (χ0n) is 18.0. The molecule has 0 unspecified atom stereocenters. The standard InChI is InChI=1S/C24H30N4O2/c1-5-14-28(4)15-13-24(2,3)23(30)25-18-10-8-9-17(16-18)21-19-11-6-7-12-20(19)22(29)27-26-21/h1,8-10,16H,6-7,11-15H2,2-4H3,(H,25,30)(H,27,29). The van der Waals surface area contributed by atoms with E-state index in [1.807, 2.05) is 50.1 Å². The molecule has 1 heterocycles. The molecule has 0 spiro atoms. The van der Waals surface area contributed by atoms with Gasteiger partial charge in [0.05, 0.1) is 12.2 Å². The summed E-state index contributed by atoms with van der Waals surface area (Å²) in [5, 5.41) is 10.0. The summed E-state index contributed by atoms with van der Waals surface area (Å²) in [6, 6.07) is 7.67. The normalized spacial score (nSPS) is 13.6. The number of amides is 1. The lowest BCUT2D eigenvalue weighted by Gasteiger charge is -2.26. The fraction of sp³-hybridized carbons (Fsp3) is 0.458. The highest BCUT2D eigenvalue weighted by atomic mass is 16.2. The predicted octanol–water partition coefficient (Wildman–Crippen LogP) is 3.24. The first-order valence-electron chi connectivity index (χ1n) is 10.5. The van der Waals surface area contributed by atoms with E-state index in [0.717, 1.165) is 60.3 Å². The minimum Gasteiger partial charge on any atom is -0.326 e. The van der Waals surface area contributed by atoms with Crippen LogP contribution in [0.2, 0.25) is 0 Å². The highest BCUT2D eigenvalue weighted by molar-refractivity contribution is 5.95. The SMILES string of the molecule is C#CCN(C)CCC(C)(C)C(=O)Nc1cccc(-c2n[nH]c(=O)c3c2CCCC3)c1. The van der Waals surface area contributed by atoms with Gasteiger partial charge in [0.2, 0.25) is 5.91 Å². The minimum absolute atomic E-state index is 0.0368.